The highest BCUT2D eigenvalue weighted by Crippen LogP contribution is 2.23. The maximum atomic E-state index is 5.52. The summed E-state index contributed by atoms with van der Waals surface area (Å²) in [5, 5.41) is 3.35. The van der Waals surface area contributed by atoms with Crippen molar-refractivity contribution >= 4 is 0 Å². The molecule has 1 N–H and O–H groups in total. The molecule has 0 heterocycles. The molecule has 1 unspecified atom stereocenters. The van der Waals surface area contributed by atoms with Gasteiger partial charge in [-0.3, -0.25) is 0 Å². The van der Waals surface area contributed by atoms with E-state index in [0.717, 1.165) is 18.6 Å². The summed E-state index contributed by atoms with van der Waals surface area (Å²) in [6, 6.07) is 8.67. The summed E-state index contributed by atoms with van der Waals surface area (Å²) in [5.74, 6) is 0.945. The smallest absolute Gasteiger partial charge is 0.119 e. The summed E-state index contributed by atoms with van der Waals surface area (Å²) >= 11 is 0. The number of benzene rings is 1. The summed E-state index contributed by atoms with van der Waals surface area (Å²) in [7, 11) is 2.00. The summed E-state index contributed by atoms with van der Waals surface area (Å²) in [6.45, 7) is 8.73. The van der Waals surface area contributed by atoms with Gasteiger partial charge < -0.3 is 10.1 Å². The van der Waals surface area contributed by atoms with E-state index < -0.39 is 0 Å². The molecule has 1 aromatic rings. The van der Waals surface area contributed by atoms with Crippen LogP contribution in [0.25, 0.3) is 0 Å². The fraction of sp³-hybridized carbons (Fsp3) is 0.467. The Bertz CT molecular complexity index is 360. The first-order chi connectivity index (χ1) is 8.17. The van der Waals surface area contributed by atoms with Gasteiger partial charge in [-0.15, -0.1) is 6.58 Å². The molecule has 0 fully saturated rings. The van der Waals surface area contributed by atoms with Crippen molar-refractivity contribution < 1.29 is 4.74 Å². The molecule has 1 rings (SSSR count). The molecule has 2 nitrogen and oxygen atoms in total. The van der Waals surface area contributed by atoms with E-state index in [1.165, 1.54) is 11.1 Å². The Kier molecular flexibility index (Phi) is 5.78. The average Bonchev–Trinajstić information content (AvgIpc) is 2.30. The predicted molar refractivity (Wildman–Crippen MR) is 73.5 cm³/mol. The van der Waals surface area contributed by atoms with Crippen molar-refractivity contribution in [1.29, 1.82) is 0 Å². The third-order valence-electron chi connectivity index (χ3n) is 2.78. The van der Waals surface area contributed by atoms with Gasteiger partial charge in [-0.25, -0.2) is 0 Å². The van der Waals surface area contributed by atoms with E-state index in [2.05, 4.69) is 31.0 Å². The molecule has 0 radical (unpaired) electrons. The molecule has 1 aromatic carbocycles. The molecule has 0 bridgehead atoms. The highest BCUT2D eigenvalue weighted by Gasteiger charge is 2.09. The summed E-state index contributed by atoms with van der Waals surface area (Å²) in [4.78, 5) is 0. The van der Waals surface area contributed by atoms with Gasteiger partial charge in [0, 0.05) is 6.04 Å². The zero-order chi connectivity index (χ0) is 12.7. The number of hydrogen-bond acceptors (Lipinski definition) is 2. The van der Waals surface area contributed by atoms with Gasteiger partial charge in [0.05, 0.1) is 6.61 Å². The van der Waals surface area contributed by atoms with Crippen molar-refractivity contribution in [1.82, 2.24) is 5.32 Å². The number of hydrogen-bond donors (Lipinski definition) is 1. The van der Waals surface area contributed by atoms with E-state index >= 15 is 0 Å². The Morgan fingerprint density at radius 2 is 2.24 bits per heavy atom. The van der Waals surface area contributed by atoms with E-state index in [4.69, 9.17) is 4.74 Å². The molecular formula is C15H23NO. The lowest BCUT2D eigenvalue weighted by atomic mass is 10.00. The Morgan fingerprint density at radius 3 is 2.82 bits per heavy atom. The standard InChI is InChI=1S/C15H23NO/c1-5-17-14-8-6-7-13(11-14)15(16-4)10-9-12(2)3/h6-8,11,15-16H,2,5,9-10H2,1,3-4H3. The SMILES string of the molecule is C=C(C)CCC(NC)c1cccc(OCC)c1. The van der Waals surface area contributed by atoms with Crippen molar-refractivity contribution in [3.05, 3.63) is 42.0 Å². The number of nitrogens with one attached hydrogen (secondary N) is 1. The van der Waals surface area contributed by atoms with Crippen LogP contribution in [0.4, 0.5) is 0 Å². The third kappa shape index (κ3) is 4.61. The van der Waals surface area contributed by atoms with Gasteiger partial charge in [0.25, 0.3) is 0 Å². The number of rotatable bonds is 7. The average molecular weight is 233 g/mol. The molecule has 0 saturated heterocycles. The Balaban J connectivity index is 2.73. The van der Waals surface area contributed by atoms with E-state index in [1.54, 1.807) is 0 Å². The van der Waals surface area contributed by atoms with Crippen LogP contribution in [0.15, 0.2) is 36.4 Å². The van der Waals surface area contributed by atoms with Crippen LogP contribution in [0.5, 0.6) is 5.75 Å². The molecule has 0 aliphatic rings. The Morgan fingerprint density at radius 1 is 1.47 bits per heavy atom. The first-order valence-electron chi connectivity index (χ1n) is 6.21. The predicted octanol–water partition coefficient (Wildman–Crippen LogP) is 3.70. The summed E-state index contributed by atoms with van der Waals surface area (Å²) in [6.07, 6.45) is 2.12. The molecule has 17 heavy (non-hydrogen) atoms. The monoisotopic (exact) mass is 233 g/mol. The first kappa shape index (κ1) is 13.8. The molecule has 1 atom stereocenters. The highest BCUT2D eigenvalue weighted by molar-refractivity contribution is 5.30. The maximum Gasteiger partial charge on any atom is 0.119 e. The Labute approximate surface area is 105 Å². The van der Waals surface area contributed by atoms with Gasteiger partial charge in [0.2, 0.25) is 0 Å². The molecule has 0 amide bonds. The highest BCUT2D eigenvalue weighted by atomic mass is 16.5. The summed E-state index contributed by atoms with van der Waals surface area (Å²) in [5.41, 5.74) is 2.51. The van der Waals surface area contributed by atoms with Crippen molar-refractivity contribution in [2.75, 3.05) is 13.7 Å². The number of allylic oxidation sites excluding steroid dienone is 1. The fourth-order valence-electron chi connectivity index (χ4n) is 1.86. The van der Waals surface area contributed by atoms with Gasteiger partial charge in [0.1, 0.15) is 5.75 Å². The quantitative estimate of drug-likeness (QED) is 0.725. The largest absolute Gasteiger partial charge is 0.494 e. The molecule has 0 saturated carbocycles. The van der Waals surface area contributed by atoms with Crippen molar-refractivity contribution in [2.24, 2.45) is 0 Å². The van der Waals surface area contributed by atoms with Crippen LogP contribution in [-0.2, 0) is 0 Å². The minimum atomic E-state index is 0.368. The van der Waals surface area contributed by atoms with Gasteiger partial charge in [-0.05, 0) is 51.4 Å². The van der Waals surface area contributed by atoms with E-state index in [-0.39, 0.29) is 0 Å². The normalized spacial score (nSPS) is 12.2. The lowest BCUT2D eigenvalue weighted by Gasteiger charge is -2.17. The Hall–Kier alpha value is -1.28. The van der Waals surface area contributed by atoms with E-state index in [0.29, 0.717) is 12.6 Å². The van der Waals surface area contributed by atoms with Gasteiger partial charge in [-0.1, -0.05) is 17.7 Å². The molecule has 2 heteroatoms. The second kappa shape index (κ2) is 7.13. The van der Waals surface area contributed by atoms with Gasteiger partial charge in [0.15, 0.2) is 0 Å². The van der Waals surface area contributed by atoms with Crippen LogP contribution in [0.2, 0.25) is 0 Å². The lowest BCUT2D eigenvalue weighted by Crippen LogP contribution is -2.16. The van der Waals surface area contributed by atoms with Crippen LogP contribution in [0.1, 0.15) is 38.3 Å². The van der Waals surface area contributed by atoms with Crippen LogP contribution in [-0.4, -0.2) is 13.7 Å². The molecule has 0 spiro atoms. The van der Waals surface area contributed by atoms with E-state index in [9.17, 15) is 0 Å². The zero-order valence-electron chi connectivity index (χ0n) is 11.1. The third-order valence-corrected chi connectivity index (χ3v) is 2.78. The minimum Gasteiger partial charge on any atom is -0.494 e. The first-order valence-corrected chi connectivity index (χ1v) is 6.21. The molecule has 0 aliphatic carbocycles. The minimum absolute atomic E-state index is 0.368. The molecule has 0 aliphatic heterocycles. The van der Waals surface area contributed by atoms with Crippen LogP contribution >= 0.6 is 0 Å². The van der Waals surface area contributed by atoms with Gasteiger partial charge >= 0.3 is 0 Å². The topological polar surface area (TPSA) is 21.3 Å². The van der Waals surface area contributed by atoms with Crippen LogP contribution in [0, 0.1) is 0 Å². The second-order valence-electron chi connectivity index (χ2n) is 4.34. The second-order valence-corrected chi connectivity index (χ2v) is 4.34. The molecule has 0 aromatic heterocycles. The summed E-state index contributed by atoms with van der Waals surface area (Å²) < 4.78 is 5.52. The van der Waals surface area contributed by atoms with Gasteiger partial charge in [-0.2, -0.15) is 0 Å². The number of ether oxygens (including phenoxy) is 1. The zero-order valence-corrected chi connectivity index (χ0v) is 11.1. The van der Waals surface area contributed by atoms with Crippen LogP contribution < -0.4 is 10.1 Å². The maximum absolute atomic E-state index is 5.52. The lowest BCUT2D eigenvalue weighted by molar-refractivity contribution is 0.339. The van der Waals surface area contributed by atoms with Crippen molar-refractivity contribution in [3.63, 3.8) is 0 Å². The fourth-order valence-corrected chi connectivity index (χ4v) is 1.86. The molecular weight excluding hydrogens is 210 g/mol. The molecule has 94 valence electrons. The van der Waals surface area contributed by atoms with Crippen LogP contribution in [0.3, 0.4) is 0 Å². The van der Waals surface area contributed by atoms with E-state index in [1.807, 2.05) is 26.1 Å². The van der Waals surface area contributed by atoms with Crippen molar-refractivity contribution in [3.8, 4) is 5.75 Å². The van der Waals surface area contributed by atoms with Crippen molar-refractivity contribution in [2.45, 2.75) is 32.7 Å².